The van der Waals surface area contributed by atoms with Crippen LogP contribution in [0.3, 0.4) is 0 Å². The largest absolute Gasteiger partial charge is 0.323 e. The zero-order chi connectivity index (χ0) is 13.7. The maximum absolute atomic E-state index is 2.29. The fourth-order valence-electron chi connectivity index (χ4n) is 3.48. The summed E-state index contributed by atoms with van der Waals surface area (Å²) in [5.74, 6) is 0.428. The van der Waals surface area contributed by atoms with E-state index in [0.717, 1.165) is 0 Å². The SMILES string of the molecule is CC1=CC=CN2C=C3C=CC4C=CC=CC4=C3C(C)=C12. The fourth-order valence-corrected chi connectivity index (χ4v) is 3.48. The summed E-state index contributed by atoms with van der Waals surface area (Å²) < 4.78 is 0. The minimum absolute atomic E-state index is 0.428. The van der Waals surface area contributed by atoms with E-state index in [1.54, 1.807) is 0 Å². The highest BCUT2D eigenvalue weighted by Crippen LogP contribution is 2.42. The van der Waals surface area contributed by atoms with Crippen molar-refractivity contribution in [1.82, 2.24) is 4.90 Å². The molecule has 0 aromatic rings. The van der Waals surface area contributed by atoms with E-state index in [9.17, 15) is 0 Å². The van der Waals surface area contributed by atoms with Crippen LogP contribution in [0.15, 0.2) is 94.6 Å². The summed E-state index contributed by atoms with van der Waals surface area (Å²) in [5.41, 5.74) is 8.19. The van der Waals surface area contributed by atoms with Crippen molar-refractivity contribution in [3.05, 3.63) is 94.6 Å². The predicted molar refractivity (Wildman–Crippen MR) is 83.5 cm³/mol. The minimum Gasteiger partial charge on any atom is -0.323 e. The molecule has 1 unspecified atom stereocenters. The third kappa shape index (κ3) is 1.50. The molecule has 0 bridgehead atoms. The molecule has 0 N–H and O–H groups in total. The van der Waals surface area contributed by atoms with Crippen LogP contribution in [0.5, 0.6) is 0 Å². The van der Waals surface area contributed by atoms with E-state index < -0.39 is 0 Å². The molecule has 0 saturated carbocycles. The summed E-state index contributed by atoms with van der Waals surface area (Å²) in [6.45, 7) is 4.43. The van der Waals surface area contributed by atoms with Gasteiger partial charge in [0.2, 0.25) is 0 Å². The average molecular weight is 259 g/mol. The van der Waals surface area contributed by atoms with Crippen molar-refractivity contribution in [2.45, 2.75) is 13.8 Å². The zero-order valence-corrected chi connectivity index (χ0v) is 11.8. The van der Waals surface area contributed by atoms with Crippen LogP contribution in [0.25, 0.3) is 0 Å². The Morgan fingerprint density at radius 1 is 1.00 bits per heavy atom. The molecule has 2 heterocycles. The summed E-state index contributed by atoms with van der Waals surface area (Å²) in [4.78, 5) is 2.25. The van der Waals surface area contributed by atoms with E-state index >= 15 is 0 Å². The Kier molecular flexibility index (Phi) is 2.37. The molecule has 0 saturated heterocycles. The Morgan fingerprint density at radius 3 is 2.80 bits per heavy atom. The second kappa shape index (κ2) is 4.11. The Morgan fingerprint density at radius 2 is 1.90 bits per heavy atom. The van der Waals surface area contributed by atoms with Gasteiger partial charge >= 0.3 is 0 Å². The van der Waals surface area contributed by atoms with Crippen molar-refractivity contribution in [3.63, 3.8) is 0 Å². The van der Waals surface area contributed by atoms with Crippen molar-refractivity contribution in [2.75, 3.05) is 0 Å². The molecule has 0 spiro atoms. The van der Waals surface area contributed by atoms with Gasteiger partial charge in [0.15, 0.2) is 0 Å². The van der Waals surface area contributed by atoms with Crippen LogP contribution in [-0.4, -0.2) is 4.90 Å². The van der Waals surface area contributed by atoms with Gasteiger partial charge in [-0.25, -0.2) is 0 Å². The maximum Gasteiger partial charge on any atom is 0.0514 e. The Labute approximate surface area is 120 Å². The van der Waals surface area contributed by atoms with Crippen LogP contribution in [0.4, 0.5) is 0 Å². The third-order valence-electron chi connectivity index (χ3n) is 4.36. The highest BCUT2D eigenvalue weighted by atomic mass is 15.1. The Balaban J connectivity index is 1.96. The summed E-state index contributed by atoms with van der Waals surface area (Å²) >= 11 is 0. The van der Waals surface area contributed by atoms with Crippen LogP contribution < -0.4 is 0 Å². The van der Waals surface area contributed by atoms with E-state index in [1.165, 1.54) is 33.6 Å². The molecule has 1 atom stereocenters. The molecule has 20 heavy (non-hydrogen) atoms. The molecule has 98 valence electrons. The molecule has 0 aromatic carbocycles. The molecular formula is C19H17N. The molecule has 0 fully saturated rings. The molecular weight excluding hydrogens is 242 g/mol. The number of rotatable bonds is 0. The van der Waals surface area contributed by atoms with E-state index in [2.05, 4.69) is 79.8 Å². The average Bonchev–Trinajstić information content (AvgIpc) is 2.47. The highest BCUT2D eigenvalue weighted by Gasteiger charge is 2.28. The number of allylic oxidation sites excluding steroid dienone is 13. The summed E-state index contributed by atoms with van der Waals surface area (Å²) in [5, 5.41) is 0. The topological polar surface area (TPSA) is 3.24 Å². The van der Waals surface area contributed by atoms with Crippen molar-refractivity contribution in [2.24, 2.45) is 5.92 Å². The fraction of sp³-hybridized carbons (Fsp3) is 0.158. The van der Waals surface area contributed by atoms with Crippen LogP contribution >= 0.6 is 0 Å². The van der Waals surface area contributed by atoms with Gasteiger partial charge in [-0.3, -0.25) is 0 Å². The van der Waals surface area contributed by atoms with Crippen LogP contribution in [0, 0.1) is 5.92 Å². The molecule has 4 rings (SSSR count). The number of hydrogen-bond donors (Lipinski definition) is 0. The van der Waals surface area contributed by atoms with Gasteiger partial charge in [-0.1, -0.05) is 42.5 Å². The molecule has 2 aliphatic heterocycles. The van der Waals surface area contributed by atoms with Gasteiger partial charge in [-0.2, -0.15) is 0 Å². The maximum atomic E-state index is 2.29. The number of fused-ring (bicyclic) bond motifs is 3. The second-order valence-corrected chi connectivity index (χ2v) is 5.62. The van der Waals surface area contributed by atoms with E-state index in [1.807, 2.05) is 0 Å². The van der Waals surface area contributed by atoms with Gasteiger partial charge in [-0.05, 0) is 47.8 Å². The molecule has 1 nitrogen and oxygen atoms in total. The molecule has 1 heteroatoms. The quantitative estimate of drug-likeness (QED) is 0.617. The smallest absolute Gasteiger partial charge is 0.0514 e. The first kappa shape index (κ1) is 11.5. The van der Waals surface area contributed by atoms with E-state index in [4.69, 9.17) is 0 Å². The van der Waals surface area contributed by atoms with E-state index in [-0.39, 0.29) is 0 Å². The predicted octanol–water partition coefficient (Wildman–Crippen LogP) is 4.54. The lowest BCUT2D eigenvalue weighted by Gasteiger charge is -2.35. The molecule has 0 aromatic heterocycles. The van der Waals surface area contributed by atoms with Gasteiger partial charge in [0.05, 0.1) is 5.70 Å². The number of nitrogens with zero attached hydrogens (tertiary/aromatic N) is 1. The van der Waals surface area contributed by atoms with Crippen LogP contribution in [-0.2, 0) is 0 Å². The van der Waals surface area contributed by atoms with Crippen molar-refractivity contribution in [1.29, 1.82) is 0 Å². The summed E-state index contributed by atoms with van der Waals surface area (Å²) in [6, 6.07) is 0. The first-order valence-corrected chi connectivity index (χ1v) is 7.10. The van der Waals surface area contributed by atoms with Gasteiger partial charge < -0.3 is 4.90 Å². The van der Waals surface area contributed by atoms with Gasteiger partial charge in [0, 0.05) is 18.3 Å². The third-order valence-corrected chi connectivity index (χ3v) is 4.36. The highest BCUT2D eigenvalue weighted by molar-refractivity contribution is 5.67. The van der Waals surface area contributed by atoms with Gasteiger partial charge in [0.1, 0.15) is 0 Å². The zero-order valence-electron chi connectivity index (χ0n) is 11.8. The lowest BCUT2D eigenvalue weighted by atomic mass is 9.78. The monoisotopic (exact) mass is 259 g/mol. The molecule has 0 radical (unpaired) electrons. The Bertz CT molecular complexity index is 730. The first-order chi connectivity index (χ1) is 9.75. The lowest BCUT2D eigenvalue weighted by molar-refractivity contribution is 0.609. The molecule has 0 amide bonds. The summed E-state index contributed by atoms with van der Waals surface area (Å²) in [7, 11) is 0. The second-order valence-electron chi connectivity index (χ2n) is 5.62. The Hall–Kier alpha value is -2.28. The number of hydrogen-bond acceptors (Lipinski definition) is 1. The van der Waals surface area contributed by atoms with Gasteiger partial charge in [-0.15, -0.1) is 0 Å². The standard InChI is InChI=1S/C19H17N/c1-13-6-5-11-20-12-16-10-9-15-7-3-4-8-17(15)18(16)14(2)19(13)20/h3-12,15H,1-2H3. The molecule has 4 aliphatic rings. The van der Waals surface area contributed by atoms with Gasteiger partial charge in [0.25, 0.3) is 0 Å². The van der Waals surface area contributed by atoms with Crippen molar-refractivity contribution >= 4 is 0 Å². The van der Waals surface area contributed by atoms with Crippen LogP contribution in [0.2, 0.25) is 0 Å². The lowest BCUT2D eigenvalue weighted by Crippen LogP contribution is -2.23. The van der Waals surface area contributed by atoms with Crippen molar-refractivity contribution < 1.29 is 0 Å². The van der Waals surface area contributed by atoms with Crippen LogP contribution in [0.1, 0.15) is 13.8 Å². The van der Waals surface area contributed by atoms with E-state index in [0.29, 0.717) is 5.92 Å². The van der Waals surface area contributed by atoms with Crippen molar-refractivity contribution in [3.8, 4) is 0 Å². The first-order valence-electron chi connectivity index (χ1n) is 7.10. The minimum atomic E-state index is 0.428. The molecule has 2 aliphatic carbocycles. The summed E-state index contributed by atoms with van der Waals surface area (Å²) in [6.07, 6.45) is 22.0. The normalized spacial score (nSPS) is 26.3.